The highest BCUT2D eigenvalue weighted by Gasteiger charge is 2.32. The molecule has 1 aliphatic heterocycles. The number of alkyl halides is 3. The van der Waals surface area contributed by atoms with E-state index in [1.165, 1.54) is 28.9 Å². The highest BCUT2D eigenvalue weighted by Crippen LogP contribution is 2.31. The Morgan fingerprint density at radius 2 is 1.97 bits per heavy atom. The minimum absolute atomic E-state index is 0.127. The van der Waals surface area contributed by atoms with Crippen LogP contribution in [0.1, 0.15) is 27.3 Å². The molecule has 1 amide bonds. The summed E-state index contributed by atoms with van der Waals surface area (Å²) < 4.78 is 45.9. The van der Waals surface area contributed by atoms with Crippen molar-refractivity contribution in [3.05, 3.63) is 52.8 Å². The van der Waals surface area contributed by atoms with Crippen LogP contribution < -0.4 is 5.32 Å². The number of morpholine rings is 1. The van der Waals surface area contributed by atoms with E-state index in [1.54, 1.807) is 7.05 Å². The summed E-state index contributed by atoms with van der Waals surface area (Å²) in [6, 6.07) is 6.58. The van der Waals surface area contributed by atoms with Crippen molar-refractivity contribution in [1.29, 1.82) is 0 Å². The molecule has 1 N–H and O–H groups in total. The third-order valence-corrected chi connectivity index (χ3v) is 4.49. The molecule has 0 saturated carbocycles. The van der Waals surface area contributed by atoms with E-state index in [9.17, 15) is 18.0 Å². The minimum atomic E-state index is -4.48. The van der Waals surface area contributed by atoms with Crippen molar-refractivity contribution in [1.82, 2.24) is 20.0 Å². The van der Waals surface area contributed by atoms with Crippen LogP contribution in [0.3, 0.4) is 0 Å². The molecule has 1 aromatic heterocycles. The van der Waals surface area contributed by atoms with Gasteiger partial charge in [-0.2, -0.15) is 18.3 Å². The van der Waals surface area contributed by atoms with E-state index in [4.69, 9.17) is 4.74 Å². The Hall–Kier alpha value is -2.83. The SMILES string of the molecule is Cn1nc(C(=O)NCCN2CCOCC2)cc1C#Cc1ccccc1C(F)(F)F. The number of carbonyl (C=O) groups is 1. The van der Waals surface area contributed by atoms with Gasteiger partial charge in [0.15, 0.2) is 5.69 Å². The number of nitrogens with one attached hydrogen (secondary N) is 1. The van der Waals surface area contributed by atoms with Gasteiger partial charge in [0.2, 0.25) is 0 Å². The summed E-state index contributed by atoms with van der Waals surface area (Å²) in [6.45, 7) is 4.22. The van der Waals surface area contributed by atoms with E-state index in [0.29, 0.717) is 32.0 Å². The maximum atomic E-state index is 13.1. The predicted octanol–water partition coefficient (Wildman–Crippen LogP) is 1.90. The molecule has 0 atom stereocenters. The van der Waals surface area contributed by atoms with Crippen LogP contribution >= 0.6 is 0 Å². The molecule has 3 rings (SSSR count). The summed E-state index contributed by atoms with van der Waals surface area (Å²) in [6.07, 6.45) is -4.48. The smallest absolute Gasteiger partial charge is 0.379 e. The third-order valence-electron chi connectivity index (χ3n) is 4.49. The van der Waals surface area contributed by atoms with Gasteiger partial charge in [0.1, 0.15) is 5.69 Å². The van der Waals surface area contributed by atoms with Crippen LogP contribution in [-0.2, 0) is 18.0 Å². The zero-order valence-corrected chi connectivity index (χ0v) is 15.9. The Bertz CT molecular complexity index is 922. The fourth-order valence-corrected chi connectivity index (χ4v) is 2.91. The van der Waals surface area contributed by atoms with E-state index in [-0.39, 0.29) is 17.2 Å². The Morgan fingerprint density at radius 1 is 1.24 bits per heavy atom. The Labute approximate surface area is 166 Å². The molecular formula is C20H21F3N4O2. The highest BCUT2D eigenvalue weighted by molar-refractivity contribution is 5.92. The van der Waals surface area contributed by atoms with Crippen LogP contribution in [-0.4, -0.2) is 60.0 Å². The maximum absolute atomic E-state index is 13.1. The van der Waals surface area contributed by atoms with Crippen molar-refractivity contribution < 1.29 is 22.7 Å². The number of halogens is 3. The molecule has 0 aliphatic carbocycles. The fourth-order valence-electron chi connectivity index (χ4n) is 2.91. The Morgan fingerprint density at radius 3 is 2.69 bits per heavy atom. The lowest BCUT2D eigenvalue weighted by molar-refractivity contribution is -0.137. The van der Waals surface area contributed by atoms with E-state index < -0.39 is 11.7 Å². The highest BCUT2D eigenvalue weighted by atomic mass is 19.4. The maximum Gasteiger partial charge on any atom is 0.417 e. The lowest BCUT2D eigenvalue weighted by atomic mass is 10.1. The molecule has 9 heteroatoms. The van der Waals surface area contributed by atoms with Crippen LogP contribution in [0.5, 0.6) is 0 Å². The fraction of sp³-hybridized carbons (Fsp3) is 0.400. The number of carbonyl (C=O) groups excluding carboxylic acids is 1. The summed E-state index contributed by atoms with van der Waals surface area (Å²) in [7, 11) is 1.59. The van der Waals surface area contributed by atoms with Crippen molar-refractivity contribution in [2.24, 2.45) is 7.05 Å². The molecular weight excluding hydrogens is 385 g/mol. The summed E-state index contributed by atoms with van der Waals surface area (Å²) in [5, 5.41) is 6.90. The average Bonchev–Trinajstić information content (AvgIpc) is 3.07. The van der Waals surface area contributed by atoms with Gasteiger partial charge in [0.05, 0.1) is 18.8 Å². The zero-order chi connectivity index (χ0) is 20.9. The van der Waals surface area contributed by atoms with Gasteiger partial charge >= 0.3 is 6.18 Å². The molecule has 0 unspecified atom stereocenters. The van der Waals surface area contributed by atoms with Gasteiger partial charge in [-0.1, -0.05) is 18.1 Å². The van der Waals surface area contributed by atoms with E-state index in [1.807, 2.05) is 0 Å². The summed E-state index contributed by atoms with van der Waals surface area (Å²) in [4.78, 5) is 14.5. The van der Waals surface area contributed by atoms with E-state index >= 15 is 0 Å². The number of amides is 1. The van der Waals surface area contributed by atoms with Gasteiger partial charge in [-0.05, 0) is 18.1 Å². The van der Waals surface area contributed by atoms with Gasteiger partial charge in [-0.3, -0.25) is 14.4 Å². The van der Waals surface area contributed by atoms with Gasteiger partial charge in [-0.25, -0.2) is 0 Å². The Balaban J connectivity index is 1.65. The normalized spacial score (nSPS) is 14.9. The second-order valence-corrected chi connectivity index (χ2v) is 6.54. The number of rotatable bonds is 4. The topological polar surface area (TPSA) is 59.4 Å². The summed E-state index contributed by atoms with van der Waals surface area (Å²) >= 11 is 0. The number of hydrogen-bond acceptors (Lipinski definition) is 4. The number of benzene rings is 1. The largest absolute Gasteiger partial charge is 0.417 e. The molecule has 1 fully saturated rings. The second kappa shape index (κ2) is 9.11. The van der Waals surface area contributed by atoms with Gasteiger partial charge in [-0.15, -0.1) is 0 Å². The average molecular weight is 406 g/mol. The molecule has 29 heavy (non-hydrogen) atoms. The van der Waals surface area contributed by atoms with Crippen LogP contribution in [0.2, 0.25) is 0 Å². The zero-order valence-electron chi connectivity index (χ0n) is 15.9. The molecule has 0 radical (unpaired) electrons. The van der Waals surface area contributed by atoms with Crippen LogP contribution in [0.15, 0.2) is 30.3 Å². The first-order valence-corrected chi connectivity index (χ1v) is 9.15. The first kappa shape index (κ1) is 20.9. The number of hydrogen-bond donors (Lipinski definition) is 1. The first-order valence-electron chi connectivity index (χ1n) is 9.15. The molecule has 154 valence electrons. The van der Waals surface area contributed by atoms with Gasteiger partial charge < -0.3 is 10.1 Å². The molecule has 6 nitrogen and oxygen atoms in total. The monoisotopic (exact) mass is 406 g/mol. The van der Waals surface area contributed by atoms with Crippen molar-refractivity contribution in [3.63, 3.8) is 0 Å². The second-order valence-electron chi connectivity index (χ2n) is 6.54. The first-order chi connectivity index (χ1) is 13.8. The predicted molar refractivity (Wildman–Crippen MR) is 100 cm³/mol. The quantitative estimate of drug-likeness (QED) is 0.788. The number of aromatic nitrogens is 2. The third kappa shape index (κ3) is 5.59. The molecule has 1 saturated heterocycles. The lowest BCUT2D eigenvalue weighted by Gasteiger charge is -2.26. The number of aryl methyl sites for hydroxylation is 1. The standard InChI is InChI=1S/C20H21F3N4O2/c1-26-16(7-6-15-4-2-3-5-17(15)20(21,22)23)14-18(25-26)19(28)24-8-9-27-10-12-29-13-11-27/h2-5,14H,8-13H2,1H3,(H,24,28). The van der Waals surface area contributed by atoms with Crippen molar-refractivity contribution in [2.75, 3.05) is 39.4 Å². The molecule has 1 aliphatic rings. The molecule has 0 bridgehead atoms. The van der Waals surface area contributed by atoms with Crippen LogP contribution in [0.4, 0.5) is 13.2 Å². The van der Waals surface area contributed by atoms with Crippen molar-refractivity contribution >= 4 is 5.91 Å². The lowest BCUT2D eigenvalue weighted by Crippen LogP contribution is -2.41. The van der Waals surface area contributed by atoms with Crippen molar-refractivity contribution in [2.45, 2.75) is 6.18 Å². The summed E-state index contributed by atoms with van der Waals surface area (Å²) in [5.41, 5.74) is -0.406. The molecule has 0 spiro atoms. The molecule has 2 aromatic rings. The van der Waals surface area contributed by atoms with E-state index in [2.05, 4.69) is 27.2 Å². The van der Waals surface area contributed by atoms with Crippen LogP contribution in [0.25, 0.3) is 0 Å². The minimum Gasteiger partial charge on any atom is -0.379 e. The van der Waals surface area contributed by atoms with Gasteiger partial charge in [0.25, 0.3) is 5.91 Å². The Kier molecular flexibility index (Phi) is 6.56. The van der Waals surface area contributed by atoms with Gasteiger partial charge in [0, 0.05) is 44.9 Å². The number of nitrogens with zero attached hydrogens (tertiary/aromatic N) is 3. The van der Waals surface area contributed by atoms with Crippen molar-refractivity contribution in [3.8, 4) is 11.8 Å². The molecule has 1 aromatic carbocycles. The van der Waals surface area contributed by atoms with E-state index in [0.717, 1.165) is 19.2 Å². The van der Waals surface area contributed by atoms with Crippen LogP contribution in [0, 0.1) is 11.8 Å². The molecule has 2 heterocycles. The summed E-state index contributed by atoms with van der Waals surface area (Å²) in [5.74, 6) is 4.86. The number of ether oxygens (including phenoxy) is 1.